The number of anilines is 1. The fraction of sp³-hybridized carbons (Fsp3) is 0.636. The van der Waals surface area contributed by atoms with Gasteiger partial charge in [-0.1, -0.05) is 18.6 Å². The molecule has 3 rings (SSSR count). The van der Waals surface area contributed by atoms with Crippen LogP contribution in [0.1, 0.15) is 64.0 Å². The lowest BCUT2D eigenvalue weighted by Gasteiger charge is -2.28. The molecule has 0 bridgehead atoms. The second-order valence-electron chi connectivity index (χ2n) is 9.08. The lowest BCUT2D eigenvalue weighted by molar-refractivity contribution is 0.0577. The van der Waals surface area contributed by atoms with E-state index in [2.05, 4.69) is 16.4 Å². The van der Waals surface area contributed by atoms with Crippen LogP contribution in [0.3, 0.4) is 0 Å². The summed E-state index contributed by atoms with van der Waals surface area (Å²) in [7, 11) is 0. The Kier molecular flexibility index (Phi) is 6.16. The van der Waals surface area contributed by atoms with E-state index in [0.717, 1.165) is 42.1 Å². The number of nitrogens with two attached hydrogens (primary N) is 1. The number of nitrogens with one attached hydrogen (secondary N) is 1. The summed E-state index contributed by atoms with van der Waals surface area (Å²) in [6, 6.07) is 6.34. The molecule has 0 atom stereocenters. The van der Waals surface area contributed by atoms with Crippen LogP contribution in [0.5, 0.6) is 0 Å². The maximum Gasteiger partial charge on any atom is 0.415 e. The van der Waals surface area contributed by atoms with Crippen LogP contribution in [0.4, 0.5) is 10.5 Å². The van der Waals surface area contributed by atoms with Gasteiger partial charge in [0.25, 0.3) is 0 Å². The van der Waals surface area contributed by atoms with Crippen molar-refractivity contribution in [2.24, 2.45) is 16.6 Å². The second-order valence-corrected chi connectivity index (χ2v) is 9.08. The number of benzene rings is 1. The van der Waals surface area contributed by atoms with Gasteiger partial charge < -0.3 is 15.8 Å². The summed E-state index contributed by atoms with van der Waals surface area (Å²) in [5.74, 6) is 1.25. The van der Waals surface area contributed by atoms with Crippen LogP contribution in [0.15, 0.2) is 23.2 Å². The molecule has 154 valence electrons. The lowest BCUT2D eigenvalue weighted by atomic mass is 9.85. The minimum atomic E-state index is -0.503. The molecule has 1 aromatic carbocycles. The zero-order chi connectivity index (χ0) is 20.3. The number of rotatable bonds is 6. The zero-order valence-corrected chi connectivity index (χ0v) is 17.6. The van der Waals surface area contributed by atoms with Crippen LogP contribution in [0, 0.1) is 12.8 Å². The predicted octanol–water partition coefficient (Wildman–Crippen LogP) is 4.10. The molecule has 0 saturated heterocycles. The molecule has 3 N–H and O–H groups in total. The largest absolute Gasteiger partial charge is 0.443 e. The highest BCUT2D eigenvalue weighted by Gasteiger charge is 2.37. The molecule has 2 aliphatic carbocycles. The molecule has 2 aliphatic rings. The summed E-state index contributed by atoms with van der Waals surface area (Å²) in [4.78, 5) is 19.0. The van der Waals surface area contributed by atoms with Crippen LogP contribution in [-0.2, 0) is 11.3 Å². The highest BCUT2D eigenvalue weighted by molar-refractivity contribution is 5.90. The molecule has 0 spiro atoms. The van der Waals surface area contributed by atoms with Gasteiger partial charge in [0.2, 0.25) is 0 Å². The van der Waals surface area contributed by atoms with Gasteiger partial charge >= 0.3 is 6.09 Å². The van der Waals surface area contributed by atoms with Gasteiger partial charge in [0.05, 0.1) is 12.2 Å². The van der Waals surface area contributed by atoms with Crippen molar-refractivity contribution in [2.75, 3.05) is 11.4 Å². The Morgan fingerprint density at radius 1 is 1.29 bits per heavy atom. The fourth-order valence-electron chi connectivity index (χ4n) is 3.35. The van der Waals surface area contributed by atoms with Crippen molar-refractivity contribution < 1.29 is 9.53 Å². The van der Waals surface area contributed by atoms with Crippen molar-refractivity contribution in [3.05, 3.63) is 29.3 Å². The van der Waals surface area contributed by atoms with E-state index >= 15 is 0 Å². The van der Waals surface area contributed by atoms with Crippen LogP contribution in [0.25, 0.3) is 0 Å². The fourth-order valence-corrected chi connectivity index (χ4v) is 3.35. The Bertz CT molecular complexity index is 731. The first kappa shape index (κ1) is 20.5. The molecule has 6 nitrogen and oxygen atoms in total. The molecule has 0 aromatic heterocycles. The summed E-state index contributed by atoms with van der Waals surface area (Å²) in [6.07, 6.45) is 5.68. The number of hydrogen-bond donors (Lipinski definition) is 2. The number of carbonyl (C=O) groups is 1. The average molecular weight is 387 g/mol. The smallest absolute Gasteiger partial charge is 0.415 e. The van der Waals surface area contributed by atoms with Crippen molar-refractivity contribution in [1.29, 1.82) is 0 Å². The van der Waals surface area contributed by atoms with Gasteiger partial charge in [-0.2, -0.15) is 0 Å². The molecule has 0 unspecified atom stereocenters. The Hall–Kier alpha value is -2.24. The maximum absolute atomic E-state index is 12.7. The maximum atomic E-state index is 12.7. The van der Waals surface area contributed by atoms with Gasteiger partial charge in [0, 0.05) is 12.6 Å². The van der Waals surface area contributed by atoms with E-state index in [1.54, 1.807) is 0 Å². The first-order valence-corrected chi connectivity index (χ1v) is 10.4. The zero-order valence-electron chi connectivity index (χ0n) is 17.6. The van der Waals surface area contributed by atoms with Crippen molar-refractivity contribution >= 4 is 17.7 Å². The summed E-state index contributed by atoms with van der Waals surface area (Å²) >= 11 is 0. The number of amides is 1. The van der Waals surface area contributed by atoms with E-state index < -0.39 is 5.60 Å². The van der Waals surface area contributed by atoms with E-state index in [-0.39, 0.29) is 12.1 Å². The summed E-state index contributed by atoms with van der Waals surface area (Å²) in [5, 5.41) is 3.22. The Morgan fingerprint density at radius 3 is 2.54 bits per heavy atom. The molecule has 28 heavy (non-hydrogen) atoms. The van der Waals surface area contributed by atoms with E-state index in [0.29, 0.717) is 12.5 Å². The molecule has 6 heteroatoms. The molecule has 0 heterocycles. The average Bonchev–Trinajstić information content (AvgIpc) is 3.36. The van der Waals surface area contributed by atoms with Gasteiger partial charge in [-0.3, -0.25) is 4.90 Å². The summed E-state index contributed by atoms with van der Waals surface area (Å²) < 4.78 is 5.62. The highest BCUT2D eigenvalue weighted by atomic mass is 16.6. The Balaban J connectivity index is 1.64. The molecule has 0 radical (unpaired) electrons. The SMILES string of the molecule is Cc1cc(CN=C(N)NCC2CCC2)ccc1N(C(=O)OC(C)(C)C)C1CC1. The normalized spacial score (nSPS) is 17.8. The van der Waals surface area contributed by atoms with Crippen molar-refractivity contribution in [3.63, 3.8) is 0 Å². The topological polar surface area (TPSA) is 80.0 Å². The third-order valence-electron chi connectivity index (χ3n) is 5.25. The first-order valence-electron chi connectivity index (χ1n) is 10.4. The van der Waals surface area contributed by atoms with Gasteiger partial charge in [-0.25, -0.2) is 9.79 Å². The molecular formula is C22H34N4O2. The number of ether oxygens (including phenoxy) is 1. The first-order chi connectivity index (χ1) is 13.2. The molecule has 2 fully saturated rings. The number of hydrogen-bond acceptors (Lipinski definition) is 3. The molecule has 1 aromatic rings. The molecule has 1 amide bonds. The van der Waals surface area contributed by atoms with Gasteiger partial charge in [0.1, 0.15) is 5.60 Å². The van der Waals surface area contributed by atoms with Crippen LogP contribution < -0.4 is 16.0 Å². The monoisotopic (exact) mass is 386 g/mol. The van der Waals surface area contributed by atoms with Gasteiger partial charge in [0.15, 0.2) is 5.96 Å². The predicted molar refractivity (Wildman–Crippen MR) is 114 cm³/mol. The van der Waals surface area contributed by atoms with E-state index in [1.165, 1.54) is 19.3 Å². The van der Waals surface area contributed by atoms with Crippen LogP contribution >= 0.6 is 0 Å². The third-order valence-corrected chi connectivity index (χ3v) is 5.25. The summed E-state index contributed by atoms with van der Waals surface area (Å²) in [6.45, 7) is 9.16. The minimum Gasteiger partial charge on any atom is -0.443 e. The van der Waals surface area contributed by atoms with Crippen LogP contribution in [0.2, 0.25) is 0 Å². The highest BCUT2D eigenvalue weighted by Crippen LogP contribution is 2.35. The third kappa shape index (κ3) is 5.63. The van der Waals surface area contributed by atoms with E-state index in [4.69, 9.17) is 10.5 Å². The van der Waals surface area contributed by atoms with E-state index in [9.17, 15) is 4.79 Å². The lowest BCUT2D eigenvalue weighted by Crippen LogP contribution is -2.38. The van der Waals surface area contributed by atoms with Crippen LogP contribution in [-0.4, -0.2) is 30.2 Å². The van der Waals surface area contributed by atoms with Gasteiger partial charge in [-0.05, 0) is 76.5 Å². The Morgan fingerprint density at radius 2 is 2.00 bits per heavy atom. The van der Waals surface area contributed by atoms with Crippen molar-refractivity contribution in [3.8, 4) is 0 Å². The quantitative estimate of drug-likeness (QED) is 0.570. The van der Waals surface area contributed by atoms with Gasteiger partial charge in [-0.15, -0.1) is 0 Å². The number of nitrogens with zero attached hydrogens (tertiary/aromatic N) is 2. The molecular weight excluding hydrogens is 352 g/mol. The van der Waals surface area contributed by atoms with Crippen molar-refractivity contribution in [2.45, 2.75) is 78.0 Å². The molecule has 2 saturated carbocycles. The van der Waals surface area contributed by atoms with E-state index in [1.807, 2.05) is 44.7 Å². The molecule has 0 aliphatic heterocycles. The number of aryl methyl sites for hydroxylation is 1. The Labute approximate surface area is 168 Å². The van der Waals surface area contributed by atoms with Crippen molar-refractivity contribution in [1.82, 2.24) is 5.32 Å². The second kappa shape index (κ2) is 8.41. The number of guanidine groups is 1. The number of carbonyl (C=O) groups excluding carboxylic acids is 1. The minimum absolute atomic E-state index is 0.240. The number of aliphatic imine (C=N–C) groups is 1. The summed E-state index contributed by atoms with van der Waals surface area (Å²) in [5.41, 5.74) is 8.52. The standard InChI is InChI=1S/C22H34N4O2/c1-15-12-17(14-25-20(23)24-13-16-6-5-7-16)8-11-19(15)26(18-9-10-18)21(27)28-22(2,3)4/h8,11-12,16,18H,5-7,9-10,13-14H2,1-4H3,(H3,23,24,25).